The Kier molecular flexibility index (Phi) is 5.61. The summed E-state index contributed by atoms with van der Waals surface area (Å²) in [5.41, 5.74) is -0.628. The number of hydrogen-bond acceptors (Lipinski definition) is 4. The molecule has 90 valence electrons. The Labute approximate surface area is 92.7 Å². The van der Waals surface area contributed by atoms with Crippen molar-refractivity contribution in [1.82, 2.24) is 10.2 Å². The SMILES string of the molecule is CCOC(=O)/C(=C/NC(=O)N(C)C)C(=O)O. The van der Waals surface area contributed by atoms with E-state index in [-0.39, 0.29) is 6.61 Å². The molecule has 0 aromatic rings. The van der Waals surface area contributed by atoms with E-state index < -0.39 is 23.5 Å². The topological polar surface area (TPSA) is 95.9 Å². The second-order valence-corrected chi connectivity index (χ2v) is 2.93. The van der Waals surface area contributed by atoms with Crippen molar-refractivity contribution in [1.29, 1.82) is 0 Å². The van der Waals surface area contributed by atoms with Gasteiger partial charge < -0.3 is 20.1 Å². The molecule has 7 heteroatoms. The molecule has 0 fully saturated rings. The number of esters is 1. The van der Waals surface area contributed by atoms with Crippen LogP contribution < -0.4 is 5.32 Å². The Hall–Kier alpha value is -2.05. The number of ether oxygens (including phenoxy) is 1. The highest BCUT2D eigenvalue weighted by molar-refractivity contribution is 6.13. The number of carboxylic acid groups (broad SMARTS) is 1. The van der Waals surface area contributed by atoms with E-state index in [1.807, 2.05) is 0 Å². The van der Waals surface area contributed by atoms with Crippen LogP contribution in [0.4, 0.5) is 4.79 Å². The van der Waals surface area contributed by atoms with Crippen molar-refractivity contribution in [2.45, 2.75) is 6.92 Å². The summed E-state index contributed by atoms with van der Waals surface area (Å²) in [5, 5.41) is 10.8. The lowest BCUT2D eigenvalue weighted by atomic mass is 10.3. The molecule has 0 unspecified atom stereocenters. The van der Waals surface area contributed by atoms with Crippen LogP contribution in [0.2, 0.25) is 0 Å². The minimum absolute atomic E-state index is 0.0606. The van der Waals surface area contributed by atoms with Gasteiger partial charge in [-0.25, -0.2) is 14.4 Å². The van der Waals surface area contributed by atoms with Gasteiger partial charge in [-0.2, -0.15) is 0 Å². The molecule has 0 atom stereocenters. The van der Waals surface area contributed by atoms with Crippen LogP contribution in [-0.2, 0) is 14.3 Å². The molecule has 0 aromatic heterocycles. The van der Waals surface area contributed by atoms with Gasteiger partial charge >= 0.3 is 18.0 Å². The number of carboxylic acids is 1. The van der Waals surface area contributed by atoms with E-state index in [1.54, 1.807) is 6.92 Å². The van der Waals surface area contributed by atoms with E-state index in [2.05, 4.69) is 10.1 Å². The normalized spacial score (nSPS) is 10.6. The smallest absolute Gasteiger partial charge is 0.347 e. The van der Waals surface area contributed by atoms with Gasteiger partial charge in [0.1, 0.15) is 0 Å². The lowest BCUT2D eigenvalue weighted by Gasteiger charge is -2.09. The van der Waals surface area contributed by atoms with Crippen molar-refractivity contribution >= 4 is 18.0 Å². The molecule has 0 saturated heterocycles. The van der Waals surface area contributed by atoms with E-state index in [1.165, 1.54) is 19.0 Å². The number of rotatable bonds is 4. The van der Waals surface area contributed by atoms with Crippen LogP contribution in [0.15, 0.2) is 11.8 Å². The number of urea groups is 1. The molecule has 0 heterocycles. The lowest BCUT2D eigenvalue weighted by Crippen LogP contribution is -2.32. The first-order valence-electron chi connectivity index (χ1n) is 4.48. The Morgan fingerprint density at radius 1 is 1.38 bits per heavy atom. The van der Waals surface area contributed by atoms with Gasteiger partial charge in [0.15, 0.2) is 5.57 Å². The fraction of sp³-hybridized carbons (Fsp3) is 0.444. The first-order valence-corrected chi connectivity index (χ1v) is 4.48. The van der Waals surface area contributed by atoms with Crippen molar-refractivity contribution in [3.63, 3.8) is 0 Å². The van der Waals surface area contributed by atoms with E-state index in [0.29, 0.717) is 0 Å². The van der Waals surface area contributed by atoms with Crippen molar-refractivity contribution in [2.24, 2.45) is 0 Å². The molecular formula is C9H14N2O5. The van der Waals surface area contributed by atoms with Crippen molar-refractivity contribution in [3.8, 4) is 0 Å². The van der Waals surface area contributed by atoms with Crippen LogP contribution >= 0.6 is 0 Å². The van der Waals surface area contributed by atoms with E-state index in [4.69, 9.17) is 5.11 Å². The summed E-state index contributed by atoms with van der Waals surface area (Å²) in [4.78, 5) is 34.1. The summed E-state index contributed by atoms with van der Waals surface area (Å²) in [6.45, 7) is 1.61. The highest BCUT2D eigenvalue weighted by Gasteiger charge is 2.19. The predicted octanol–water partition coefficient (Wildman–Crippen LogP) is -0.211. The van der Waals surface area contributed by atoms with Crippen LogP contribution in [0.1, 0.15) is 6.92 Å². The van der Waals surface area contributed by atoms with Gasteiger partial charge in [0.2, 0.25) is 0 Å². The Morgan fingerprint density at radius 2 is 1.94 bits per heavy atom. The molecule has 0 radical (unpaired) electrons. The average Bonchev–Trinajstić information content (AvgIpc) is 2.17. The standard InChI is InChI=1S/C9H14N2O5/c1-4-16-8(14)6(7(12)13)5-10-9(15)11(2)3/h5H,4H2,1-3H3,(H,10,15)(H,12,13)/b6-5+. The van der Waals surface area contributed by atoms with Crippen LogP contribution in [0.3, 0.4) is 0 Å². The minimum Gasteiger partial charge on any atom is -0.477 e. The van der Waals surface area contributed by atoms with E-state index >= 15 is 0 Å². The first-order chi connectivity index (χ1) is 7.40. The number of nitrogens with one attached hydrogen (secondary N) is 1. The molecule has 0 bridgehead atoms. The van der Waals surface area contributed by atoms with Gasteiger partial charge in [-0.05, 0) is 6.92 Å². The zero-order chi connectivity index (χ0) is 12.7. The van der Waals surface area contributed by atoms with E-state index in [9.17, 15) is 14.4 Å². The summed E-state index contributed by atoms with van der Waals surface area (Å²) in [6, 6.07) is -0.539. The summed E-state index contributed by atoms with van der Waals surface area (Å²) in [5.74, 6) is -2.45. The third kappa shape index (κ3) is 4.45. The van der Waals surface area contributed by atoms with Gasteiger partial charge in [0.25, 0.3) is 0 Å². The number of carbonyl (C=O) groups is 3. The number of hydrogen-bond donors (Lipinski definition) is 2. The lowest BCUT2D eigenvalue weighted by molar-refractivity contribution is -0.143. The van der Waals surface area contributed by atoms with Gasteiger partial charge in [0.05, 0.1) is 6.61 Å². The summed E-state index contributed by atoms with van der Waals surface area (Å²) < 4.78 is 4.51. The predicted molar refractivity (Wildman–Crippen MR) is 54.6 cm³/mol. The Morgan fingerprint density at radius 3 is 2.31 bits per heavy atom. The maximum atomic E-state index is 11.1. The van der Waals surface area contributed by atoms with Crippen molar-refractivity contribution < 1.29 is 24.2 Å². The molecule has 16 heavy (non-hydrogen) atoms. The van der Waals surface area contributed by atoms with Gasteiger partial charge in [0, 0.05) is 20.3 Å². The molecule has 7 nitrogen and oxygen atoms in total. The molecule has 0 aliphatic carbocycles. The van der Waals surface area contributed by atoms with Crippen LogP contribution in [0.5, 0.6) is 0 Å². The summed E-state index contributed by atoms with van der Waals surface area (Å²) >= 11 is 0. The number of nitrogens with zero attached hydrogens (tertiary/aromatic N) is 1. The molecule has 0 aliphatic rings. The highest BCUT2D eigenvalue weighted by Crippen LogP contribution is 1.97. The monoisotopic (exact) mass is 230 g/mol. The largest absolute Gasteiger partial charge is 0.477 e. The zero-order valence-electron chi connectivity index (χ0n) is 9.31. The summed E-state index contributed by atoms with van der Waals surface area (Å²) in [7, 11) is 2.96. The fourth-order valence-corrected chi connectivity index (χ4v) is 0.680. The molecule has 2 N–H and O–H groups in total. The highest BCUT2D eigenvalue weighted by atomic mass is 16.5. The quantitative estimate of drug-likeness (QED) is 0.301. The second-order valence-electron chi connectivity index (χ2n) is 2.93. The first kappa shape index (κ1) is 13.9. The van der Waals surface area contributed by atoms with Gasteiger partial charge in [-0.1, -0.05) is 0 Å². The molecule has 0 spiro atoms. The molecule has 0 rings (SSSR count). The third-order valence-corrected chi connectivity index (χ3v) is 1.47. The van der Waals surface area contributed by atoms with Crippen molar-refractivity contribution in [3.05, 3.63) is 11.8 Å². The second kappa shape index (κ2) is 6.44. The zero-order valence-corrected chi connectivity index (χ0v) is 9.31. The van der Waals surface area contributed by atoms with Gasteiger partial charge in [-0.3, -0.25) is 0 Å². The number of aliphatic carboxylic acids is 1. The molecular weight excluding hydrogens is 216 g/mol. The fourth-order valence-electron chi connectivity index (χ4n) is 0.680. The maximum absolute atomic E-state index is 11.1. The average molecular weight is 230 g/mol. The molecule has 0 aromatic carbocycles. The van der Waals surface area contributed by atoms with Crippen molar-refractivity contribution in [2.75, 3.05) is 20.7 Å². The number of carbonyl (C=O) groups excluding carboxylic acids is 2. The van der Waals surface area contributed by atoms with Crippen LogP contribution in [0, 0.1) is 0 Å². The molecule has 0 saturated carbocycles. The van der Waals surface area contributed by atoms with Crippen LogP contribution in [-0.4, -0.2) is 48.7 Å². The number of amides is 2. The summed E-state index contributed by atoms with van der Waals surface area (Å²) in [6.07, 6.45) is 0.808. The minimum atomic E-state index is -1.46. The van der Waals surface area contributed by atoms with E-state index in [0.717, 1.165) is 6.20 Å². The maximum Gasteiger partial charge on any atom is 0.347 e. The van der Waals surface area contributed by atoms with Crippen LogP contribution in [0.25, 0.3) is 0 Å². The molecule has 0 aliphatic heterocycles. The third-order valence-electron chi connectivity index (χ3n) is 1.47. The Balaban J connectivity index is 4.66. The molecule has 2 amide bonds. The van der Waals surface area contributed by atoms with Gasteiger partial charge in [-0.15, -0.1) is 0 Å². The Bertz CT molecular complexity index is 322.